The SMILES string of the molecule is N/C(=C\NC(=NSC1=CC(n2c3c(c4ccc(-c5ccccc5)cc42)C=CCC3)=CCC1)c1cccc2sc3ccccc3c12)c1ccc2sc3ccccc3c2c1. The van der Waals surface area contributed by atoms with Crippen molar-refractivity contribution >= 4 is 109 Å². The van der Waals surface area contributed by atoms with E-state index in [9.17, 15) is 0 Å². The first-order chi connectivity index (χ1) is 28.7. The zero-order chi connectivity index (χ0) is 38.6. The molecule has 2 aliphatic carbocycles. The summed E-state index contributed by atoms with van der Waals surface area (Å²) < 4.78 is 12.9. The van der Waals surface area contributed by atoms with E-state index in [1.165, 1.54) is 84.2 Å². The van der Waals surface area contributed by atoms with Crippen molar-refractivity contribution in [1.82, 2.24) is 9.88 Å². The molecule has 0 unspecified atom stereocenters. The highest BCUT2D eigenvalue weighted by Gasteiger charge is 2.22. The van der Waals surface area contributed by atoms with E-state index >= 15 is 0 Å². The van der Waals surface area contributed by atoms with E-state index in [-0.39, 0.29) is 0 Å². The summed E-state index contributed by atoms with van der Waals surface area (Å²) in [6.45, 7) is 0. The lowest BCUT2D eigenvalue weighted by Gasteiger charge is -2.19. The van der Waals surface area contributed by atoms with E-state index < -0.39 is 0 Å². The third kappa shape index (κ3) is 6.18. The third-order valence-electron chi connectivity index (χ3n) is 11.3. The zero-order valence-electron chi connectivity index (χ0n) is 31.6. The van der Waals surface area contributed by atoms with Crippen LogP contribution in [0.4, 0.5) is 0 Å². The monoisotopic (exact) mass is 802 g/mol. The predicted octanol–water partition coefficient (Wildman–Crippen LogP) is 14.2. The maximum absolute atomic E-state index is 6.88. The molecular weight excluding hydrogens is 765 g/mol. The van der Waals surface area contributed by atoms with E-state index in [0.29, 0.717) is 5.70 Å². The minimum Gasteiger partial charge on any atom is -0.397 e. The molecule has 7 heteroatoms. The Morgan fingerprint density at radius 1 is 0.690 bits per heavy atom. The van der Waals surface area contributed by atoms with Gasteiger partial charge in [-0.3, -0.25) is 0 Å². The molecule has 2 aliphatic rings. The molecule has 4 nitrogen and oxygen atoms in total. The van der Waals surface area contributed by atoms with Crippen LogP contribution in [-0.4, -0.2) is 10.4 Å². The molecule has 3 heterocycles. The Balaban J connectivity index is 0.985. The molecule has 0 spiro atoms. The van der Waals surface area contributed by atoms with Gasteiger partial charge in [-0.25, -0.2) is 0 Å². The Kier molecular flexibility index (Phi) is 8.87. The van der Waals surface area contributed by atoms with E-state index in [2.05, 4.69) is 168 Å². The summed E-state index contributed by atoms with van der Waals surface area (Å²) >= 11 is 5.20. The highest BCUT2D eigenvalue weighted by Crippen LogP contribution is 2.41. The number of amidine groups is 1. The smallest absolute Gasteiger partial charge is 0.146 e. The third-order valence-corrected chi connectivity index (χ3v) is 14.5. The van der Waals surface area contributed by atoms with Crippen LogP contribution in [0.3, 0.4) is 0 Å². The molecule has 280 valence electrons. The number of nitrogens with zero attached hydrogens (tertiary/aromatic N) is 2. The normalized spacial score (nSPS) is 14.8. The molecule has 3 N–H and O–H groups in total. The molecule has 11 rings (SSSR count). The minimum absolute atomic E-state index is 0.660. The maximum atomic E-state index is 6.88. The van der Waals surface area contributed by atoms with Gasteiger partial charge in [0.15, 0.2) is 0 Å². The van der Waals surface area contributed by atoms with Crippen molar-refractivity contribution in [2.75, 3.05) is 0 Å². The van der Waals surface area contributed by atoms with Gasteiger partial charge in [0.05, 0.1) is 11.2 Å². The molecule has 0 saturated heterocycles. The van der Waals surface area contributed by atoms with Crippen molar-refractivity contribution in [2.45, 2.75) is 25.7 Å². The van der Waals surface area contributed by atoms with Gasteiger partial charge in [0.25, 0.3) is 0 Å². The molecule has 0 aliphatic heterocycles. The van der Waals surface area contributed by atoms with E-state index in [0.717, 1.165) is 42.6 Å². The number of hydrogen-bond donors (Lipinski definition) is 2. The van der Waals surface area contributed by atoms with Crippen molar-refractivity contribution in [3.8, 4) is 11.1 Å². The average Bonchev–Trinajstić information content (AvgIpc) is 3.96. The second kappa shape index (κ2) is 14.7. The fourth-order valence-corrected chi connectivity index (χ4v) is 11.5. The van der Waals surface area contributed by atoms with Crippen LogP contribution < -0.4 is 11.1 Å². The topological polar surface area (TPSA) is 55.3 Å². The maximum Gasteiger partial charge on any atom is 0.146 e. The molecular formula is C51H38N4S3. The van der Waals surface area contributed by atoms with Crippen LogP contribution in [0.15, 0.2) is 167 Å². The first kappa shape index (κ1) is 35.1. The van der Waals surface area contributed by atoms with E-state index in [1.807, 2.05) is 28.9 Å². The second-order valence-electron chi connectivity index (χ2n) is 14.9. The van der Waals surface area contributed by atoms with Gasteiger partial charge in [0, 0.05) is 91.3 Å². The van der Waals surface area contributed by atoms with Crippen LogP contribution in [0.25, 0.3) is 79.8 Å². The van der Waals surface area contributed by atoms with Crippen LogP contribution in [0, 0.1) is 0 Å². The standard InChI is InChI=1S/C51H38N4S3/c52-43(34-25-27-48-42(28-34)39-17-5-8-21-46(39)56-48)31-53-51(41-19-11-23-49-50(41)40-18-6-9-22-47(40)57-49)54-58-36-15-10-14-35(30-36)55-44-20-7-4-16-37(44)38-26-24-33(29-45(38)55)32-12-2-1-3-13-32/h1-6,8-9,11-14,16-19,21-31H,7,10,15,20,52H2,(H,53,54)/b43-31-. The number of hydrogen-bond acceptors (Lipinski definition) is 5. The van der Waals surface area contributed by atoms with Crippen molar-refractivity contribution in [3.63, 3.8) is 0 Å². The van der Waals surface area contributed by atoms with Crippen LogP contribution >= 0.6 is 34.6 Å². The van der Waals surface area contributed by atoms with Gasteiger partial charge in [-0.2, -0.15) is 4.40 Å². The molecule has 3 aromatic heterocycles. The molecule has 0 radical (unpaired) electrons. The molecule has 0 atom stereocenters. The number of thiophene rings is 2. The van der Waals surface area contributed by atoms with Crippen molar-refractivity contribution in [2.24, 2.45) is 10.1 Å². The number of fused-ring (bicyclic) bond motifs is 9. The lowest BCUT2D eigenvalue weighted by Crippen LogP contribution is -2.20. The summed E-state index contributed by atoms with van der Waals surface area (Å²) in [5.41, 5.74) is 17.2. The number of nitrogens with one attached hydrogen (secondary N) is 1. The number of allylic oxidation sites excluding steroid dienone is 5. The van der Waals surface area contributed by atoms with Crippen LogP contribution in [-0.2, 0) is 6.42 Å². The quantitative estimate of drug-likeness (QED) is 0.0959. The molecule has 9 aromatic rings. The van der Waals surface area contributed by atoms with Crippen molar-refractivity contribution in [1.29, 1.82) is 0 Å². The highest BCUT2D eigenvalue weighted by molar-refractivity contribution is 8.02. The molecule has 0 bridgehead atoms. The van der Waals surface area contributed by atoms with Crippen molar-refractivity contribution in [3.05, 3.63) is 185 Å². The summed E-state index contributed by atoms with van der Waals surface area (Å²) in [7, 11) is 0. The van der Waals surface area contributed by atoms with Gasteiger partial charge in [0.1, 0.15) is 5.84 Å². The Morgan fingerprint density at radius 3 is 2.36 bits per heavy atom. The number of rotatable bonds is 7. The Bertz CT molecular complexity index is 3240. The van der Waals surface area contributed by atoms with Gasteiger partial charge in [-0.1, -0.05) is 115 Å². The summed E-state index contributed by atoms with van der Waals surface area (Å²) in [5, 5.41) is 9.85. The Morgan fingerprint density at radius 2 is 1.47 bits per heavy atom. The fraction of sp³-hybridized carbons (Fsp3) is 0.0784. The Hall–Kier alpha value is -6.12. The largest absolute Gasteiger partial charge is 0.397 e. The van der Waals surface area contributed by atoms with Crippen LogP contribution in [0.5, 0.6) is 0 Å². The van der Waals surface area contributed by atoms with Gasteiger partial charge >= 0.3 is 0 Å². The predicted molar refractivity (Wildman–Crippen MR) is 254 cm³/mol. The van der Waals surface area contributed by atoms with Crippen LogP contribution in [0.2, 0.25) is 0 Å². The Labute approximate surface area is 349 Å². The van der Waals surface area contributed by atoms with E-state index in [1.54, 1.807) is 11.9 Å². The molecule has 58 heavy (non-hydrogen) atoms. The minimum atomic E-state index is 0.660. The first-order valence-corrected chi connectivity index (χ1v) is 22.2. The lowest BCUT2D eigenvalue weighted by molar-refractivity contribution is 0.890. The van der Waals surface area contributed by atoms with Crippen molar-refractivity contribution < 1.29 is 0 Å². The summed E-state index contributed by atoms with van der Waals surface area (Å²) in [6, 6.07) is 47.9. The van der Waals surface area contributed by atoms with Gasteiger partial charge < -0.3 is 15.6 Å². The number of aromatic nitrogens is 1. The highest BCUT2D eigenvalue weighted by atomic mass is 32.2. The van der Waals surface area contributed by atoms with Gasteiger partial charge in [-0.05, 0) is 84.8 Å². The lowest BCUT2D eigenvalue weighted by atomic mass is 10.00. The number of nitrogens with two attached hydrogens (primary N) is 1. The summed E-state index contributed by atoms with van der Waals surface area (Å²) in [4.78, 5) is 1.23. The summed E-state index contributed by atoms with van der Waals surface area (Å²) in [6.07, 6.45) is 15.2. The molecule has 0 fully saturated rings. The molecule has 0 amide bonds. The second-order valence-corrected chi connectivity index (χ2v) is 17.9. The zero-order valence-corrected chi connectivity index (χ0v) is 34.1. The van der Waals surface area contributed by atoms with Gasteiger partial charge in [-0.15, -0.1) is 22.7 Å². The van der Waals surface area contributed by atoms with Crippen LogP contribution in [0.1, 0.15) is 41.6 Å². The average molecular weight is 803 g/mol. The summed E-state index contributed by atoms with van der Waals surface area (Å²) in [5.74, 6) is 0.780. The molecule has 0 saturated carbocycles. The first-order valence-electron chi connectivity index (χ1n) is 19.8. The molecule has 6 aromatic carbocycles. The number of benzene rings is 6. The van der Waals surface area contributed by atoms with E-state index in [4.69, 9.17) is 10.1 Å². The fourth-order valence-electron chi connectivity index (χ4n) is 8.58. The van der Waals surface area contributed by atoms with Gasteiger partial charge in [0.2, 0.25) is 0 Å².